The molecule has 0 unspecified atom stereocenters. The van der Waals surface area contributed by atoms with E-state index in [1.807, 2.05) is 27.7 Å². The molecular formula is C14H16N2O2S. The largest absolute Gasteiger partial charge is 0.478 e. The van der Waals surface area contributed by atoms with Gasteiger partial charge in [0, 0.05) is 4.88 Å². The van der Waals surface area contributed by atoms with Crippen molar-refractivity contribution in [3.63, 3.8) is 0 Å². The van der Waals surface area contributed by atoms with Crippen molar-refractivity contribution in [2.75, 3.05) is 0 Å². The summed E-state index contributed by atoms with van der Waals surface area (Å²) in [6, 6.07) is 3.35. The third kappa shape index (κ3) is 2.66. The number of thiazole rings is 1. The molecule has 2 aromatic heterocycles. The third-order valence-corrected chi connectivity index (χ3v) is 3.73. The van der Waals surface area contributed by atoms with E-state index in [4.69, 9.17) is 0 Å². The van der Waals surface area contributed by atoms with Gasteiger partial charge < -0.3 is 5.11 Å². The molecule has 19 heavy (non-hydrogen) atoms. The van der Waals surface area contributed by atoms with Crippen LogP contribution in [0.2, 0.25) is 0 Å². The number of carbonyl (C=O) groups is 1. The molecule has 0 bridgehead atoms. The van der Waals surface area contributed by atoms with Gasteiger partial charge in [0.15, 0.2) is 0 Å². The first-order valence-electron chi connectivity index (χ1n) is 6.08. The molecule has 0 aliphatic rings. The lowest BCUT2D eigenvalue weighted by molar-refractivity contribution is 0.0694. The molecule has 2 aromatic rings. The number of carboxylic acids is 1. The van der Waals surface area contributed by atoms with Crippen LogP contribution in [0.1, 0.15) is 45.7 Å². The van der Waals surface area contributed by atoms with E-state index >= 15 is 0 Å². The molecule has 0 amide bonds. The number of rotatable bonds is 3. The van der Waals surface area contributed by atoms with Crippen molar-refractivity contribution in [1.29, 1.82) is 0 Å². The van der Waals surface area contributed by atoms with E-state index in [1.54, 1.807) is 23.5 Å². The fraction of sp³-hybridized carbons (Fsp3) is 0.357. The van der Waals surface area contributed by atoms with Crippen molar-refractivity contribution in [2.45, 2.75) is 33.6 Å². The Labute approximate surface area is 116 Å². The number of hydrogen-bond donors (Lipinski definition) is 1. The SMILES string of the molecule is Cc1nc(-c2ccc(C(=O)O)c(C(C)C)n2)c(C)s1. The van der Waals surface area contributed by atoms with E-state index in [9.17, 15) is 9.90 Å². The summed E-state index contributed by atoms with van der Waals surface area (Å²) in [4.78, 5) is 21.3. The molecule has 0 saturated carbocycles. The van der Waals surface area contributed by atoms with Gasteiger partial charge in [-0.3, -0.25) is 0 Å². The highest BCUT2D eigenvalue weighted by atomic mass is 32.1. The zero-order chi connectivity index (χ0) is 14.2. The first-order valence-corrected chi connectivity index (χ1v) is 6.90. The average molecular weight is 276 g/mol. The van der Waals surface area contributed by atoms with Crippen LogP contribution in [0.4, 0.5) is 0 Å². The molecule has 0 spiro atoms. The quantitative estimate of drug-likeness (QED) is 0.929. The number of aryl methyl sites for hydroxylation is 2. The Bertz CT molecular complexity index is 632. The molecule has 0 aromatic carbocycles. The molecule has 1 N–H and O–H groups in total. The Morgan fingerprint density at radius 2 is 1.95 bits per heavy atom. The van der Waals surface area contributed by atoms with Gasteiger partial charge in [-0.05, 0) is 31.9 Å². The lowest BCUT2D eigenvalue weighted by Crippen LogP contribution is -2.07. The summed E-state index contributed by atoms with van der Waals surface area (Å²) in [6.45, 7) is 7.84. The van der Waals surface area contributed by atoms with Crippen molar-refractivity contribution in [3.8, 4) is 11.4 Å². The number of aromatic carboxylic acids is 1. The van der Waals surface area contributed by atoms with Crippen molar-refractivity contribution < 1.29 is 9.90 Å². The van der Waals surface area contributed by atoms with Crippen molar-refractivity contribution in [1.82, 2.24) is 9.97 Å². The molecule has 0 fully saturated rings. The van der Waals surface area contributed by atoms with Crippen molar-refractivity contribution in [2.24, 2.45) is 0 Å². The van der Waals surface area contributed by atoms with Gasteiger partial charge >= 0.3 is 5.97 Å². The van der Waals surface area contributed by atoms with Crippen LogP contribution in [0.5, 0.6) is 0 Å². The number of hydrogen-bond acceptors (Lipinski definition) is 4. The van der Waals surface area contributed by atoms with E-state index < -0.39 is 5.97 Å². The fourth-order valence-electron chi connectivity index (χ4n) is 1.99. The lowest BCUT2D eigenvalue weighted by Gasteiger charge is -2.10. The summed E-state index contributed by atoms with van der Waals surface area (Å²) < 4.78 is 0. The van der Waals surface area contributed by atoms with Crippen LogP contribution in [0.3, 0.4) is 0 Å². The van der Waals surface area contributed by atoms with Gasteiger partial charge in [-0.1, -0.05) is 13.8 Å². The zero-order valence-electron chi connectivity index (χ0n) is 11.4. The Balaban J connectivity index is 2.58. The third-order valence-electron chi connectivity index (χ3n) is 2.85. The smallest absolute Gasteiger partial charge is 0.337 e. The minimum Gasteiger partial charge on any atom is -0.478 e. The Morgan fingerprint density at radius 1 is 1.26 bits per heavy atom. The Morgan fingerprint density at radius 3 is 2.42 bits per heavy atom. The van der Waals surface area contributed by atoms with Crippen LogP contribution in [0.25, 0.3) is 11.4 Å². The van der Waals surface area contributed by atoms with E-state index in [0.29, 0.717) is 5.69 Å². The van der Waals surface area contributed by atoms with Crippen LogP contribution < -0.4 is 0 Å². The second kappa shape index (κ2) is 5.09. The van der Waals surface area contributed by atoms with E-state index in [-0.39, 0.29) is 11.5 Å². The maximum atomic E-state index is 11.2. The van der Waals surface area contributed by atoms with Gasteiger partial charge in [-0.15, -0.1) is 11.3 Å². The van der Waals surface area contributed by atoms with Crippen LogP contribution in [-0.4, -0.2) is 21.0 Å². The standard InChI is InChI=1S/C14H16N2O2S/c1-7(2)12-10(14(17)18)5-6-11(16-12)13-8(3)19-9(4)15-13/h5-7H,1-4H3,(H,17,18). The Hall–Kier alpha value is -1.75. The summed E-state index contributed by atoms with van der Waals surface area (Å²) in [5.74, 6) is -0.875. The molecule has 2 heterocycles. The molecule has 5 heteroatoms. The van der Waals surface area contributed by atoms with Gasteiger partial charge in [-0.2, -0.15) is 0 Å². The molecule has 4 nitrogen and oxygen atoms in total. The summed E-state index contributed by atoms with van der Waals surface area (Å²) in [5, 5.41) is 10.2. The van der Waals surface area contributed by atoms with Crippen LogP contribution in [0, 0.1) is 13.8 Å². The average Bonchev–Trinajstić information content (AvgIpc) is 2.67. The van der Waals surface area contributed by atoms with Gasteiger partial charge in [-0.25, -0.2) is 14.8 Å². The molecule has 0 saturated heterocycles. The zero-order valence-corrected chi connectivity index (χ0v) is 12.2. The molecule has 100 valence electrons. The molecule has 0 aliphatic carbocycles. The maximum absolute atomic E-state index is 11.2. The number of pyridine rings is 1. The molecule has 0 radical (unpaired) electrons. The minimum atomic E-state index is -0.936. The summed E-state index contributed by atoms with van der Waals surface area (Å²) in [6.07, 6.45) is 0. The monoisotopic (exact) mass is 276 g/mol. The number of nitrogens with zero attached hydrogens (tertiary/aromatic N) is 2. The van der Waals surface area contributed by atoms with Gasteiger partial charge in [0.2, 0.25) is 0 Å². The predicted octanol–water partition coefficient (Wildman–Crippen LogP) is 3.64. The first kappa shape index (κ1) is 13.7. The topological polar surface area (TPSA) is 63.1 Å². The van der Waals surface area contributed by atoms with Crippen LogP contribution in [-0.2, 0) is 0 Å². The molecule has 0 atom stereocenters. The summed E-state index contributed by atoms with van der Waals surface area (Å²) >= 11 is 1.62. The highest BCUT2D eigenvalue weighted by Crippen LogP contribution is 2.28. The normalized spacial score (nSPS) is 11.0. The summed E-state index contributed by atoms with van der Waals surface area (Å²) in [5.41, 5.74) is 2.47. The van der Waals surface area contributed by atoms with Crippen molar-refractivity contribution in [3.05, 3.63) is 33.3 Å². The van der Waals surface area contributed by atoms with E-state index in [1.165, 1.54) is 0 Å². The minimum absolute atomic E-state index is 0.0612. The lowest BCUT2D eigenvalue weighted by atomic mass is 10.0. The number of carboxylic acid groups (broad SMARTS) is 1. The van der Waals surface area contributed by atoms with Gasteiger partial charge in [0.05, 0.1) is 22.0 Å². The number of aromatic nitrogens is 2. The second-order valence-corrected chi connectivity index (χ2v) is 6.13. The highest BCUT2D eigenvalue weighted by Gasteiger charge is 2.17. The van der Waals surface area contributed by atoms with Gasteiger partial charge in [0.25, 0.3) is 0 Å². The van der Waals surface area contributed by atoms with Crippen LogP contribution >= 0.6 is 11.3 Å². The first-order chi connectivity index (χ1) is 8.90. The van der Waals surface area contributed by atoms with Crippen LogP contribution in [0.15, 0.2) is 12.1 Å². The molecule has 0 aliphatic heterocycles. The molecular weight excluding hydrogens is 260 g/mol. The maximum Gasteiger partial charge on any atom is 0.337 e. The predicted molar refractivity (Wildman–Crippen MR) is 75.9 cm³/mol. The van der Waals surface area contributed by atoms with E-state index in [0.717, 1.165) is 21.3 Å². The highest BCUT2D eigenvalue weighted by molar-refractivity contribution is 7.11. The fourth-order valence-corrected chi connectivity index (χ4v) is 2.82. The van der Waals surface area contributed by atoms with Crippen molar-refractivity contribution >= 4 is 17.3 Å². The molecule has 2 rings (SSSR count). The summed E-state index contributed by atoms with van der Waals surface area (Å²) in [7, 11) is 0. The Kier molecular flexibility index (Phi) is 3.66. The second-order valence-electron chi connectivity index (χ2n) is 4.73. The van der Waals surface area contributed by atoms with Gasteiger partial charge in [0.1, 0.15) is 5.69 Å². The van der Waals surface area contributed by atoms with E-state index in [2.05, 4.69) is 9.97 Å².